The summed E-state index contributed by atoms with van der Waals surface area (Å²) < 4.78 is 14.0. The lowest BCUT2D eigenvalue weighted by molar-refractivity contribution is 0.0956. The normalized spacial score (nSPS) is 10.2. The van der Waals surface area contributed by atoms with Crippen molar-refractivity contribution in [2.45, 2.75) is 6.92 Å². The minimum atomic E-state index is -0.362. The number of rotatable bonds is 4. The van der Waals surface area contributed by atoms with Crippen LogP contribution in [-0.4, -0.2) is 12.5 Å². The summed E-state index contributed by atoms with van der Waals surface area (Å²) in [6.45, 7) is 2.39. The maximum absolute atomic E-state index is 13.3. The maximum atomic E-state index is 13.3. The summed E-state index contributed by atoms with van der Waals surface area (Å²) in [4.78, 5) is 11.8. The molecule has 2 aromatic rings. The quantitative estimate of drug-likeness (QED) is 0.736. The topological polar surface area (TPSA) is 67.2 Å². The largest absolute Gasteiger partial charge is 0.397 e. The molecule has 0 saturated heterocycles. The van der Waals surface area contributed by atoms with Gasteiger partial charge in [0.05, 0.1) is 17.1 Å². The SMILES string of the molecule is CCNC(=O)c1ccc(N)c(Nc2cc(F)ccc2Br)c1. The summed E-state index contributed by atoms with van der Waals surface area (Å²) in [5.41, 5.74) is 7.94. The van der Waals surface area contributed by atoms with E-state index in [2.05, 4.69) is 26.6 Å². The van der Waals surface area contributed by atoms with Crippen LogP contribution in [0.25, 0.3) is 0 Å². The fourth-order valence-corrected chi connectivity index (χ4v) is 2.15. The monoisotopic (exact) mass is 351 g/mol. The van der Waals surface area contributed by atoms with Crippen molar-refractivity contribution in [2.24, 2.45) is 0 Å². The molecule has 6 heteroatoms. The molecular formula is C15H15BrFN3O. The van der Waals surface area contributed by atoms with Crippen LogP contribution in [0.5, 0.6) is 0 Å². The lowest BCUT2D eigenvalue weighted by Crippen LogP contribution is -2.22. The molecular weight excluding hydrogens is 337 g/mol. The van der Waals surface area contributed by atoms with Crippen molar-refractivity contribution in [2.75, 3.05) is 17.6 Å². The van der Waals surface area contributed by atoms with Gasteiger partial charge in [-0.15, -0.1) is 0 Å². The van der Waals surface area contributed by atoms with Gasteiger partial charge < -0.3 is 16.4 Å². The van der Waals surface area contributed by atoms with Gasteiger partial charge in [-0.1, -0.05) is 0 Å². The molecule has 0 fully saturated rings. The minimum absolute atomic E-state index is 0.182. The van der Waals surface area contributed by atoms with Crippen LogP contribution in [0.2, 0.25) is 0 Å². The molecule has 0 aliphatic heterocycles. The van der Waals surface area contributed by atoms with E-state index in [0.29, 0.717) is 33.6 Å². The number of carbonyl (C=O) groups excluding carboxylic acids is 1. The van der Waals surface area contributed by atoms with Crippen LogP contribution in [0.1, 0.15) is 17.3 Å². The van der Waals surface area contributed by atoms with Gasteiger partial charge in [0.1, 0.15) is 5.82 Å². The third-order valence-electron chi connectivity index (χ3n) is 2.85. The molecule has 0 aliphatic carbocycles. The van der Waals surface area contributed by atoms with Crippen molar-refractivity contribution in [3.05, 3.63) is 52.3 Å². The zero-order chi connectivity index (χ0) is 15.4. The van der Waals surface area contributed by atoms with Gasteiger partial charge in [0.2, 0.25) is 0 Å². The highest BCUT2D eigenvalue weighted by Gasteiger charge is 2.09. The Morgan fingerprint density at radius 3 is 2.71 bits per heavy atom. The number of carbonyl (C=O) groups is 1. The number of amides is 1. The van der Waals surface area contributed by atoms with Gasteiger partial charge in [-0.2, -0.15) is 0 Å². The van der Waals surface area contributed by atoms with E-state index in [-0.39, 0.29) is 11.7 Å². The standard InChI is InChI=1S/C15H15BrFN3O/c1-2-19-15(21)9-3-6-12(18)14(7-9)20-13-8-10(17)4-5-11(13)16/h3-8,20H,2,18H2,1H3,(H,19,21). The number of nitrogen functional groups attached to an aromatic ring is 1. The summed E-state index contributed by atoms with van der Waals surface area (Å²) in [6.07, 6.45) is 0. The van der Waals surface area contributed by atoms with Crippen molar-refractivity contribution >= 4 is 38.9 Å². The Morgan fingerprint density at radius 1 is 1.24 bits per heavy atom. The van der Waals surface area contributed by atoms with Crippen molar-refractivity contribution in [3.8, 4) is 0 Å². The molecule has 4 N–H and O–H groups in total. The molecule has 0 atom stereocenters. The lowest BCUT2D eigenvalue weighted by atomic mass is 10.1. The summed E-state index contributed by atoms with van der Waals surface area (Å²) in [6, 6.07) is 9.22. The summed E-state index contributed by atoms with van der Waals surface area (Å²) >= 11 is 3.34. The van der Waals surface area contributed by atoms with Crippen LogP contribution in [0.15, 0.2) is 40.9 Å². The van der Waals surface area contributed by atoms with E-state index in [9.17, 15) is 9.18 Å². The van der Waals surface area contributed by atoms with Crippen LogP contribution >= 0.6 is 15.9 Å². The Morgan fingerprint density at radius 2 is 2.00 bits per heavy atom. The smallest absolute Gasteiger partial charge is 0.251 e. The summed E-state index contributed by atoms with van der Waals surface area (Å²) in [5, 5.41) is 5.74. The van der Waals surface area contributed by atoms with E-state index in [1.807, 2.05) is 6.92 Å². The first-order valence-electron chi connectivity index (χ1n) is 6.41. The molecule has 2 rings (SSSR count). The minimum Gasteiger partial charge on any atom is -0.397 e. The fourth-order valence-electron chi connectivity index (χ4n) is 1.81. The maximum Gasteiger partial charge on any atom is 0.251 e. The van der Waals surface area contributed by atoms with Crippen LogP contribution < -0.4 is 16.4 Å². The Labute approximate surface area is 130 Å². The average Bonchev–Trinajstić information content (AvgIpc) is 2.45. The molecule has 0 radical (unpaired) electrons. The number of anilines is 3. The van der Waals surface area contributed by atoms with Crippen molar-refractivity contribution in [1.82, 2.24) is 5.32 Å². The highest BCUT2D eigenvalue weighted by atomic mass is 79.9. The molecule has 1 amide bonds. The zero-order valence-corrected chi connectivity index (χ0v) is 13.0. The van der Waals surface area contributed by atoms with Crippen molar-refractivity contribution in [1.29, 1.82) is 0 Å². The lowest BCUT2D eigenvalue weighted by Gasteiger charge is -2.12. The molecule has 0 bridgehead atoms. The number of hydrogen-bond acceptors (Lipinski definition) is 3. The fraction of sp³-hybridized carbons (Fsp3) is 0.133. The summed E-state index contributed by atoms with van der Waals surface area (Å²) in [7, 11) is 0. The Kier molecular flexibility index (Phi) is 4.80. The molecule has 21 heavy (non-hydrogen) atoms. The van der Waals surface area contributed by atoms with E-state index in [0.717, 1.165) is 0 Å². The number of benzene rings is 2. The molecule has 2 aromatic carbocycles. The van der Waals surface area contributed by atoms with Gasteiger partial charge in [0.25, 0.3) is 5.91 Å². The molecule has 110 valence electrons. The Hall–Kier alpha value is -2.08. The van der Waals surface area contributed by atoms with Crippen LogP contribution in [-0.2, 0) is 0 Å². The number of nitrogens with one attached hydrogen (secondary N) is 2. The van der Waals surface area contributed by atoms with Crippen LogP contribution in [0.3, 0.4) is 0 Å². The first-order valence-corrected chi connectivity index (χ1v) is 7.20. The molecule has 0 heterocycles. The highest BCUT2D eigenvalue weighted by Crippen LogP contribution is 2.30. The molecule has 0 unspecified atom stereocenters. The van der Waals surface area contributed by atoms with Crippen molar-refractivity contribution in [3.63, 3.8) is 0 Å². The van der Waals surface area contributed by atoms with Crippen LogP contribution in [0, 0.1) is 5.82 Å². The van der Waals surface area contributed by atoms with Gasteiger partial charge in [-0.25, -0.2) is 4.39 Å². The molecule has 4 nitrogen and oxygen atoms in total. The van der Waals surface area contributed by atoms with E-state index in [1.165, 1.54) is 12.1 Å². The van der Waals surface area contributed by atoms with E-state index >= 15 is 0 Å². The van der Waals surface area contributed by atoms with E-state index < -0.39 is 0 Å². The van der Waals surface area contributed by atoms with Gasteiger partial charge >= 0.3 is 0 Å². The van der Waals surface area contributed by atoms with Gasteiger partial charge in [-0.3, -0.25) is 4.79 Å². The zero-order valence-electron chi connectivity index (χ0n) is 11.4. The van der Waals surface area contributed by atoms with E-state index in [4.69, 9.17) is 5.73 Å². The third kappa shape index (κ3) is 3.72. The van der Waals surface area contributed by atoms with E-state index in [1.54, 1.807) is 24.3 Å². The molecule has 0 aliphatic rings. The Balaban J connectivity index is 2.33. The van der Waals surface area contributed by atoms with Crippen LogP contribution in [0.4, 0.5) is 21.5 Å². The number of nitrogens with two attached hydrogens (primary N) is 1. The van der Waals surface area contributed by atoms with Crippen molar-refractivity contribution < 1.29 is 9.18 Å². The molecule has 0 spiro atoms. The first-order chi connectivity index (χ1) is 10.0. The van der Waals surface area contributed by atoms with Gasteiger partial charge in [-0.05, 0) is 59.3 Å². The number of halogens is 2. The third-order valence-corrected chi connectivity index (χ3v) is 3.54. The average molecular weight is 352 g/mol. The molecule has 0 saturated carbocycles. The predicted molar refractivity (Wildman–Crippen MR) is 86.2 cm³/mol. The van der Waals surface area contributed by atoms with Gasteiger partial charge in [0, 0.05) is 16.6 Å². The predicted octanol–water partition coefficient (Wildman–Crippen LogP) is 3.66. The van der Waals surface area contributed by atoms with Gasteiger partial charge in [0.15, 0.2) is 0 Å². The second-order valence-electron chi connectivity index (χ2n) is 4.41. The Bertz CT molecular complexity index is 676. The number of hydrogen-bond donors (Lipinski definition) is 3. The highest BCUT2D eigenvalue weighted by molar-refractivity contribution is 9.10. The second kappa shape index (κ2) is 6.58. The second-order valence-corrected chi connectivity index (χ2v) is 5.26. The summed E-state index contributed by atoms with van der Waals surface area (Å²) in [5.74, 6) is -0.544. The molecule has 0 aromatic heterocycles. The first kappa shape index (κ1) is 15.3.